The van der Waals surface area contributed by atoms with E-state index in [0.29, 0.717) is 13.0 Å². The molecule has 1 N–H and O–H groups in total. The molecule has 0 fully saturated rings. The zero-order valence-corrected chi connectivity index (χ0v) is 12.8. The predicted molar refractivity (Wildman–Crippen MR) is 72.4 cm³/mol. The molecular formula is C11H25N3O2Si. The topological polar surface area (TPSA) is 78.2 Å². The van der Waals surface area contributed by atoms with Gasteiger partial charge in [0, 0.05) is 11.5 Å². The minimum Gasteiger partial charge on any atom is -0.417 e. The fourth-order valence-electron chi connectivity index (χ4n) is 1.01. The average molecular weight is 259 g/mol. The van der Waals surface area contributed by atoms with Crippen molar-refractivity contribution in [3.05, 3.63) is 10.4 Å². The first kappa shape index (κ1) is 16.4. The molecule has 0 rings (SSSR count). The summed E-state index contributed by atoms with van der Waals surface area (Å²) in [5, 5.41) is 13.5. The summed E-state index contributed by atoms with van der Waals surface area (Å²) in [7, 11) is -1.75. The number of nitrogens with zero attached hydrogens (tertiary/aromatic N) is 3. The predicted octanol–water partition coefficient (Wildman–Crippen LogP) is 3.46. The van der Waals surface area contributed by atoms with Crippen LogP contribution in [0.15, 0.2) is 5.11 Å². The van der Waals surface area contributed by atoms with Crippen LogP contribution in [-0.4, -0.2) is 32.2 Å². The summed E-state index contributed by atoms with van der Waals surface area (Å²) in [5.74, 6) is 0. The van der Waals surface area contributed by atoms with Crippen molar-refractivity contribution in [1.29, 1.82) is 0 Å². The van der Waals surface area contributed by atoms with Crippen LogP contribution in [0.3, 0.4) is 0 Å². The molecule has 6 heteroatoms. The number of azide groups is 1. The van der Waals surface area contributed by atoms with Crippen LogP contribution in [0, 0.1) is 0 Å². The Balaban J connectivity index is 4.19. The molecule has 0 radical (unpaired) electrons. The second kappa shape index (κ2) is 5.86. The van der Waals surface area contributed by atoms with E-state index in [4.69, 9.17) is 9.96 Å². The lowest BCUT2D eigenvalue weighted by atomic mass is 10.0. The molecule has 0 aliphatic heterocycles. The van der Waals surface area contributed by atoms with E-state index in [9.17, 15) is 5.11 Å². The van der Waals surface area contributed by atoms with Crippen LogP contribution in [0.5, 0.6) is 0 Å². The first-order chi connectivity index (χ1) is 7.52. The van der Waals surface area contributed by atoms with Gasteiger partial charge in [-0.3, -0.25) is 0 Å². The Morgan fingerprint density at radius 1 is 1.29 bits per heavy atom. The van der Waals surface area contributed by atoms with E-state index >= 15 is 0 Å². The van der Waals surface area contributed by atoms with Crippen molar-refractivity contribution in [3.63, 3.8) is 0 Å². The van der Waals surface area contributed by atoms with Gasteiger partial charge in [0.05, 0.1) is 12.1 Å². The minimum atomic E-state index is -1.75. The molecule has 0 saturated carbocycles. The normalized spacial score (nSPS) is 16.2. The lowest BCUT2D eigenvalue weighted by molar-refractivity contribution is 0.0435. The summed E-state index contributed by atoms with van der Waals surface area (Å²) in [6.07, 6.45) is 0.485. The van der Waals surface area contributed by atoms with Gasteiger partial charge in [-0.2, -0.15) is 0 Å². The van der Waals surface area contributed by atoms with E-state index in [1.807, 2.05) is 0 Å². The highest BCUT2D eigenvalue weighted by Gasteiger charge is 2.37. The molecule has 100 valence electrons. The molecule has 17 heavy (non-hydrogen) atoms. The third-order valence-corrected chi connectivity index (χ3v) is 7.92. The first-order valence-corrected chi connectivity index (χ1v) is 8.80. The monoisotopic (exact) mass is 259 g/mol. The van der Waals surface area contributed by atoms with Crippen molar-refractivity contribution in [1.82, 2.24) is 0 Å². The highest BCUT2D eigenvalue weighted by Crippen LogP contribution is 2.36. The summed E-state index contributed by atoms with van der Waals surface area (Å²) in [6.45, 7) is 13.1. The van der Waals surface area contributed by atoms with E-state index in [2.05, 4.69) is 43.9 Å². The minimum absolute atomic E-state index is 0.0877. The van der Waals surface area contributed by atoms with Gasteiger partial charge in [0.2, 0.25) is 0 Å². The maximum Gasteiger partial charge on any atom is 0.191 e. The molecule has 0 bridgehead atoms. The summed E-state index contributed by atoms with van der Waals surface area (Å²) in [6, 6.07) is 0. The largest absolute Gasteiger partial charge is 0.417 e. The van der Waals surface area contributed by atoms with Crippen molar-refractivity contribution in [2.24, 2.45) is 5.11 Å². The number of rotatable bonds is 6. The van der Waals surface area contributed by atoms with Crippen LogP contribution in [0.2, 0.25) is 18.1 Å². The van der Waals surface area contributed by atoms with Crippen LogP contribution in [0.25, 0.3) is 10.4 Å². The van der Waals surface area contributed by atoms with Gasteiger partial charge in [-0.05, 0) is 37.0 Å². The van der Waals surface area contributed by atoms with Crippen LogP contribution < -0.4 is 0 Å². The molecule has 0 unspecified atom stereocenters. The van der Waals surface area contributed by atoms with E-state index in [1.54, 1.807) is 6.92 Å². The van der Waals surface area contributed by atoms with Crippen LogP contribution >= 0.6 is 0 Å². The van der Waals surface area contributed by atoms with Crippen LogP contribution in [0.1, 0.15) is 34.1 Å². The molecule has 0 spiro atoms. The van der Waals surface area contributed by atoms with E-state index in [0.717, 1.165) is 0 Å². The molecule has 0 heterocycles. The zero-order chi connectivity index (χ0) is 13.7. The summed E-state index contributed by atoms with van der Waals surface area (Å²) in [4.78, 5) is 2.65. The summed E-state index contributed by atoms with van der Waals surface area (Å²) in [5.41, 5.74) is 7.24. The van der Waals surface area contributed by atoms with E-state index < -0.39 is 13.9 Å². The first-order valence-electron chi connectivity index (χ1n) is 5.89. The highest BCUT2D eigenvalue weighted by molar-refractivity contribution is 6.74. The third kappa shape index (κ3) is 6.07. The molecule has 0 aliphatic rings. The van der Waals surface area contributed by atoms with E-state index in [-0.39, 0.29) is 11.6 Å². The quantitative estimate of drug-likeness (QED) is 0.343. The second-order valence-electron chi connectivity index (χ2n) is 6.24. The Bertz CT molecular complexity index is 292. The molecule has 0 saturated heterocycles. The molecule has 0 amide bonds. The van der Waals surface area contributed by atoms with Crippen molar-refractivity contribution in [2.45, 2.75) is 57.8 Å². The third-order valence-electron chi connectivity index (χ3n) is 3.38. The standard InChI is InChI=1S/C11H25N3O2Si/c1-10(2,3)17(5,6)16-8-7-11(4,15)9-13-14-12/h15H,7-9H2,1-6H3/t11-/m1/s1. The van der Waals surface area contributed by atoms with Gasteiger partial charge in [-0.25, -0.2) is 0 Å². The SMILES string of the molecule is CC(C)(C)[Si](C)(C)OCC[C@@](C)(O)CN=[N+]=[N-]. The van der Waals surface area contributed by atoms with Crippen molar-refractivity contribution in [2.75, 3.05) is 13.2 Å². The smallest absolute Gasteiger partial charge is 0.191 e. The fourth-order valence-corrected chi connectivity index (χ4v) is 2.05. The van der Waals surface area contributed by atoms with Crippen LogP contribution in [0.4, 0.5) is 0 Å². The molecule has 5 nitrogen and oxygen atoms in total. The maximum absolute atomic E-state index is 9.92. The van der Waals surface area contributed by atoms with Gasteiger partial charge in [0.15, 0.2) is 8.32 Å². The van der Waals surface area contributed by atoms with Gasteiger partial charge < -0.3 is 9.53 Å². The Kier molecular flexibility index (Phi) is 5.67. The van der Waals surface area contributed by atoms with Gasteiger partial charge in [0.1, 0.15) is 0 Å². The molecule has 0 aromatic carbocycles. The average Bonchev–Trinajstić information content (AvgIpc) is 2.12. The van der Waals surface area contributed by atoms with Gasteiger partial charge in [-0.1, -0.05) is 25.9 Å². The molecule has 0 aromatic rings. The number of hydrogen-bond acceptors (Lipinski definition) is 3. The van der Waals surface area contributed by atoms with Crippen molar-refractivity contribution in [3.8, 4) is 0 Å². The Hall–Kier alpha value is -0.553. The van der Waals surface area contributed by atoms with Gasteiger partial charge >= 0.3 is 0 Å². The second-order valence-corrected chi connectivity index (χ2v) is 11.1. The van der Waals surface area contributed by atoms with Gasteiger partial charge in [-0.15, -0.1) is 0 Å². The molecule has 0 aliphatic carbocycles. The summed E-state index contributed by atoms with van der Waals surface area (Å²) < 4.78 is 5.95. The van der Waals surface area contributed by atoms with Crippen molar-refractivity contribution >= 4 is 8.32 Å². The molecular weight excluding hydrogens is 234 g/mol. The van der Waals surface area contributed by atoms with E-state index in [1.165, 1.54) is 0 Å². The van der Waals surface area contributed by atoms with Gasteiger partial charge in [0.25, 0.3) is 0 Å². The summed E-state index contributed by atoms with van der Waals surface area (Å²) >= 11 is 0. The molecule has 0 aromatic heterocycles. The fraction of sp³-hybridized carbons (Fsp3) is 1.00. The maximum atomic E-state index is 9.92. The number of hydrogen-bond donors (Lipinski definition) is 1. The molecule has 1 atom stereocenters. The Labute approximate surface area is 105 Å². The van der Waals surface area contributed by atoms with Crippen LogP contribution in [-0.2, 0) is 4.43 Å². The highest BCUT2D eigenvalue weighted by atomic mass is 28.4. The van der Waals surface area contributed by atoms with Crippen molar-refractivity contribution < 1.29 is 9.53 Å². The lowest BCUT2D eigenvalue weighted by Gasteiger charge is -2.37. The lowest BCUT2D eigenvalue weighted by Crippen LogP contribution is -2.42. The number of aliphatic hydroxyl groups is 1. The zero-order valence-electron chi connectivity index (χ0n) is 11.8. The Morgan fingerprint density at radius 3 is 2.24 bits per heavy atom. The Morgan fingerprint density at radius 2 is 1.82 bits per heavy atom.